The van der Waals surface area contributed by atoms with Crippen molar-refractivity contribution in [2.75, 3.05) is 5.32 Å². The molecule has 0 saturated heterocycles. The van der Waals surface area contributed by atoms with Crippen LogP contribution in [-0.4, -0.2) is 9.97 Å². The van der Waals surface area contributed by atoms with E-state index in [0.717, 1.165) is 0 Å². The second kappa shape index (κ2) is 4.76. The predicted octanol–water partition coefficient (Wildman–Crippen LogP) is 2.88. The van der Waals surface area contributed by atoms with E-state index >= 15 is 0 Å². The van der Waals surface area contributed by atoms with Crippen molar-refractivity contribution in [1.82, 2.24) is 9.97 Å². The molecule has 0 radical (unpaired) electrons. The second-order valence-corrected chi connectivity index (χ2v) is 3.49. The van der Waals surface area contributed by atoms with E-state index in [4.69, 9.17) is 16.9 Å². The highest BCUT2D eigenvalue weighted by Crippen LogP contribution is 2.21. The molecule has 0 bridgehead atoms. The van der Waals surface area contributed by atoms with Gasteiger partial charge in [-0.15, -0.1) is 0 Å². The first kappa shape index (κ1) is 11.3. The summed E-state index contributed by atoms with van der Waals surface area (Å²) < 4.78 is 13.1. The topological polar surface area (TPSA) is 61.6 Å². The van der Waals surface area contributed by atoms with E-state index < -0.39 is 5.82 Å². The molecule has 1 aromatic carbocycles. The van der Waals surface area contributed by atoms with E-state index in [1.807, 2.05) is 0 Å². The molecule has 0 aliphatic rings. The van der Waals surface area contributed by atoms with E-state index in [0.29, 0.717) is 11.5 Å². The van der Waals surface area contributed by atoms with Crippen LogP contribution in [-0.2, 0) is 0 Å². The lowest BCUT2D eigenvalue weighted by molar-refractivity contribution is 0.624. The number of nitriles is 1. The van der Waals surface area contributed by atoms with E-state index in [1.54, 1.807) is 6.07 Å². The summed E-state index contributed by atoms with van der Waals surface area (Å²) in [5.41, 5.74) is 0.473. The van der Waals surface area contributed by atoms with Gasteiger partial charge in [0.1, 0.15) is 11.9 Å². The summed E-state index contributed by atoms with van der Waals surface area (Å²) in [6.45, 7) is 0. The molecule has 1 N–H and O–H groups in total. The van der Waals surface area contributed by atoms with Gasteiger partial charge in [-0.3, -0.25) is 0 Å². The zero-order chi connectivity index (χ0) is 12.3. The standard InChI is InChI=1S/C11H6ClFN4/c12-10-11(16-4-3-15-10)17-8-1-2-9(13)7(5-8)6-14/h1-5H,(H,16,17). The summed E-state index contributed by atoms with van der Waals surface area (Å²) >= 11 is 5.80. The first-order valence-electron chi connectivity index (χ1n) is 4.64. The average Bonchev–Trinajstić information content (AvgIpc) is 2.34. The Balaban J connectivity index is 2.32. The summed E-state index contributed by atoms with van der Waals surface area (Å²) in [5, 5.41) is 11.7. The fourth-order valence-corrected chi connectivity index (χ4v) is 1.38. The van der Waals surface area contributed by atoms with Gasteiger partial charge >= 0.3 is 0 Å². The zero-order valence-electron chi connectivity index (χ0n) is 8.48. The van der Waals surface area contributed by atoms with Crippen molar-refractivity contribution in [2.24, 2.45) is 0 Å². The first-order chi connectivity index (χ1) is 8.20. The van der Waals surface area contributed by atoms with Gasteiger partial charge in [-0.25, -0.2) is 14.4 Å². The summed E-state index contributed by atoms with van der Waals surface area (Å²) in [4.78, 5) is 7.81. The number of hydrogen-bond donors (Lipinski definition) is 1. The largest absolute Gasteiger partial charge is 0.338 e. The Kier molecular flexibility index (Phi) is 3.17. The maximum absolute atomic E-state index is 13.1. The molecule has 84 valence electrons. The number of aromatic nitrogens is 2. The fraction of sp³-hybridized carbons (Fsp3) is 0. The van der Waals surface area contributed by atoms with Crippen molar-refractivity contribution in [1.29, 1.82) is 5.26 Å². The number of rotatable bonds is 2. The average molecular weight is 249 g/mol. The molecule has 2 rings (SSSR count). The summed E-state index contributed by atoms with van der Waals surface area (Å²) in [7, 11) is 0. The second-order valence-electron chi connectivity index (χ2n) is 3.13. The minimum Gasteiger partial charge on any atom is -0.338 e. The molecule has 0 aliphatic heterocycles. The Bertz CT molecular complexity index is 594. The Labute approximate surface area is 102 Å². The third-order valence-corrected chi connectivity index (χ3v) is 2.28. The van der Waals surface area contributed by atoms with Crippen LogP contribution in [0, 0.1) is 17.1 Å². The lowest BCUT2D eigenvalue weighted by atomic mass is 10.2. The van der Waals surface area contributed by atoms with Crippen LogP contribution in [0.2, 0.25) is 5.15 Å². The van der Waals surface area contributed by atoms with Gasteiger partial charge in [0.15, 0.2) is 11.0 Å². The van der Waals surface area contributed by atoms with Crippen LogP contribution in [0.3, 0.4) is 0 Å². The van der Waals surface area contributed by atoms with Gasteiger partial charge in [-0.05, 0) is 18.2 Å². The molecule has 1 aromatic heterocycles. The third kappa shape index (κ3) is 2.49. The number of halogens is 2. The van der Waals surface area contributed by atoms with Crippen molar-refractivity contribution in [3.63, 3.8) is 0 Å². The van der Waals surface area contributed by atoms with Crippen LogP contribution in [0.1, 0.15) is 5.56 Å². The van der Waals surface area contributed by atoms with Gasteiger partial charge in [-0.2, -0.15) is 5.26 Å². The molecule has 0 unspecified atom stereocenters. The van der Waals surface area contributed by atoms with Crippen LogP contribution < -0.4 is 5.32 Å². The molecular formula is C11H6ClFN4. The number of benzene rings is 1. The maximum Gasteiger partial charge on any atom is 0.171 e. The van der Waals surface area contributed by atoms with Gasteiger partial charge in [0.25, 0.3) is 0 Å². The van der Waals surface area contributed by atoms with Gasteiger partial charge in [0.2, 0.25) is 0 Å². The molecule has 1 heterocycles. The van der Waals surface area contributed by atoms with Gasteiger partial charge in [-0.1, -0.05) is 11.6 Å². The van der Waals surface area contributed by atoms with Crippen molar-refractivity contribution >= 4 is 23.1 Å². The predicted molar refractivity (Wildman–Crippen MR) is 61.4 cm³/mol. The summed E-state index contributed by atoms with van der Waals surface area (Å²) in [6.07, 6.45) is 2.93. The first-order valence-corrected chi connectivity index (χ1v) is 5.01. The fourth-order valence-electron chi connectivity index (χ4n) is 1.23. The maximum atomic E-state index is 13.1. The summed E-state index contributed by atoms with van der Waals surface area (Å²) in [5.74, 6) is -0.215. The molecule has 6 heteroatoms. The smallest absolute Gasteiger partial charge is 0.171 e. The molecular weight excluding hydrogens is 243 g/mol. The molecule has 0 saturated carbocycles. The Morgan fingerprint density at radius 2 is 2.06 bits per heavy atom. The van der Waals surface area contributed by atoms with Crippen LogP contribution in [0.5, 0.6) is 0 Å². The minimum atomic E-state index is -0.566. The van der Waals surface area contributed by atoms with Crippen LogP contribution in [0.4, 0.5) is 15.9 Å². The highest BCUT2D eigenvalue weighted by molar-refractivity contribution is 6.31. The number of nitrogens with one attached hydrogen (secondary N) is 1. The van der Waals surface area contributed by atoms with E-state index in [2.05, 4.69) is 15.3 Å². The van der Waals surface area contributed by atoms with Crippen molar-refractivity contribution in [3.05, 3.63) is 47.1 Å². The lowest BCUT2D eigenvalue weighted by Gasteiger charge is -2.06. The molecule has 0 fully saturated rings. The molecule has 2 aromatic rings. The molecule has 0 aliphatic carbocycles. The van der Waals surface area contributed by atoms with E-state index in [9.17, 15) is 4.39 Å². The van der Waals surface area contributed by atoms with Crippen molar-refractivity contribution < 1.29 is 4.39 Å². The molecule has 0 spiro atoms. The van der Waals surface area contributed by atoms with Crippen LogP contribution in [0.15, 0.2) is 30.6 Å². The van der Waals surface area contributed by atoms with Crippen LogP contribution in [0.25, 0.3) is 0 Å². The van der Waals surface area contributed by atoms with Gasteiger partial charge < -0.3 is 5.32 Å². The molecule has 4 nitrogen and oxygen atoms in total. The third-order valence-electron chi connectivity index (χ3n) is 2.00. The number of nitrogens with zero attached hydrogens (tertiary/aromatic N) is 3. The van der Waals surface area contributed by atoms with Crippen molar-refractivity contribution in [3.8, 4) is 6.07 Å². The van der Waals surface area contributed by atoms with Crippen LogP contribution >= 0.6 is 11.6 Å². The van der Waals surface area contributed by atoms with E-state index in [1.165, 1.54) is 30.6 Å². The van der Waals surface area contributed by atoms with Gasteiger partial charge in [0.05, 0.1) is 5.56 Å². The van der Waals surface area contributed by atoms with E-state index in [-0.39, 0.29) is 10.7 Å². The zero-order valence-corrected chi connectivity index (χ0v) is 9.24. The molecule has 0 atom stereocenters. The highest BCUT2D eigenvalue weighted by Gasteiger charge is 2.05. The molecule has 17 heavy (non-hydrogen) atoms. The number of anilines is 2. The van der Waals surface area contributed by atoms with Crippen molar-refractivity contribution in [2.45, 2.75) is 0 Å². The summed E-state index contributed by atoms with van der Waals surface area (Å²) in [6, 6.07) is 5.81. The molecule has 0 amide bonds. The normalized spacial score (nSPS) is 9.71. The quantitative estimate of drug-likeness (QED) is 0.888. The minimum absolute atomic E-state index is 0.0463. The SMILES string of the molecule is N#Cc1cc(Nc2nccnc2Cl)ccc1F. The highest BCUT2D eigenvalue weighted by atomic mass is 35.5. The Hall–Kier alpha value is -2.19. The number of hydrogen-bond acceptors (Lipinski definition) is 4. The monoisotopic (exact) mass is 248 g/mol. The lowest BCUT2D eigenvalue weighted by Crippen LogP contribution is -1.96. The van der Waals surface area contributed by atoms with Gasteiger partial charge in [0, 0.05) is 18.1 Å². The Morgan fingerprint density at radius 1 is 1.29 bits per heavy atom. The Morgan fingerprint density at radius 3 is 2.76 bits per heavy atom.